The van der Waals surface area contributed by atoms with Crippen LogP contribution in [0.5, 0.6) is 0 Å². The molecular formula is C16H26N2O2S. The van der Waals surface area contributed by atoms with Gasteiger partial charge < -0.3 is 10.4 Å². The number of nitrogens with zero attached hydrogens (tertiary/aromatic N) is 1. The molecule has 1 fully saturated rings. The summed E-state index contributed by atoms with van der Waals surface area (Å²) in [6, 6.07) is 0. The van der Waals surface area contributed by atoms with Crippen LogP contribution in [-0.4, -0.2) is 28.1 Å². The van der Waals surface area contributed by atoms with Gasteiger partial charge in [-0.25, -0.2) is 4.98 Å². The highest BCUT2D eigenvalue weighted by molar-refractivity contribution is 7.09. The van der Waals surface area contributed by atoms with Gasteiger partial charge in [-0.1, -0.05) is 40.0 Å². The van der Waals surface area contributed by atoms with E-state index in [1.54, 1.807) is 11.3 Å². The van der Waals surface area contributed by atoms with E-state index in [1.807, 2.05) is 5.38 Å². The molecule has 2 rings (SSSR count). The molecule has 118 valence electrons. The zero-order valence-electron chi connectivity index (χ0n) is 13.2. The van der Waals surface area contributed by atoms with Gasteiger partial charge in [-0.05, 0) is 12.8 Å². The van der Waals surface area contributed by atoms with Crippen molar-refractivity contribution >= 4 is 17.2 Å². The second kappa shape index (κ2) is 6.44. The number of aromatic nitrogens is 1. The van der Waals surface area contributed by atoms with Crippen LogP contribution in [0.3, 0.4) is 0 Å². The zero-order valence-corrected chi connectivity index (χ0v) is 14.1. The summed E-state index contributed by atoms with van der Waals surface area (Å²) in [6.45, 7) is 6.72. The van der Waals surface area contributed by atoms with E-state index in [0.717, 1.165) is 36.4 Å². The fourth-order valence-electron chi connectivity index (χ4n) is 2.61. The lowest BCUT2D eigenvalue weighted by Gasteiger charge is -2.32. The molecule has 1 aromatic rings. The zero-order chi connectivity index (χ0) is 15.5. The maximum atomic E-state index is 12.0. The van der Waals surface area contributed by atoms with E-state index in [1.165, 1.54) is 6.42 Å². The van der Waals surface area contributed by atoms with Crippen LogP contribution in [0, 0.1) is 0 Å². The van der Waals surface area contributed by atoms with Gasteiger partial charge in [-0.2, -0.15) is 0 Å². The van der Waals surface area contributed by atoms with E-state index < -0.39 is 5.60 Å². The number of hydrogen-bond acceptors (Lipinski definition) is 4. The number of rotatable bonds is 4. The number of amides is 1. The van der Waals surface area contributed by atoms with Gasteiger partial charge in [0, 0.05) is 17.3 Å². The first-order valence-electron chi connectivity index (χ1n) is 7.72. The van der Waals surface area contributed by atoms with Crippen molar-refractivity contribution in [1.29, 1.82) is 0 Å². The summed E-state index contributed by atoms with van der Waals surface area (Å²) in [5, 5.41) is 16.2. The third-order valence-electron chi connectivity index (χ3n) is 3.93. The van der Waals surface area contributed by atoms with Crippen LogP contribution in [-0.2, 0) is 16.6 Å². The average Bonchev–Trinajstić information content (AvgIpc) is 2.86. The fourth-order valence-corrected chi connectivity index (χ4v) is 3.52. The van der Waals surface area contributed by atoms with Gasteiger partial charge in [-0.3, -0.25) is 4.79 Å². The van der Waals surface area contributed by atoms with Crippen LogP contribution in [0.25, 0.3) is 0 Å². The first-order chi connectivity index (χ1) is 9.78. The average molecular weight is 310 g/mol. The molecule has 1 amide bonds. The Morgan fingerprint density at radius 3 is 2.62 bits per heavy atom. The molecule has 1 saturated carbocycles. The number of aliphatic hydroxyl groups is 1. The fraction of sp³-hybridized carbons (Fsp3) is 0.750. The topological polar surface area (TPSA) is 62.2 Å². The molecule has 0 unspecified atom stereocenters. The van der Waals surface area contributed by atoms with E-state index in [0.29, 0.717) is 13.0 Å². The Morgan fingerprint density at radius 1 is 1.38 bits per heavy atom. The van der Waals surface area contributed by atoms with E-state index in [-0.39, 0.29) is 11.3 Å². The van der Waals surface area contributed by atoms with E-state index in [9.17, 15) is 9.90 Å². The highest BCUT2D eigenvalue weighted by Crippen LogP contribution is 2.27. The molecular weight excluding hydrogens is 284 g/mol. The smallest absolute Gasteiger partial charge is 0.226 e. The second-order valence-electron chi connectivity index (χ2n) is 7.13. The Morgan fingerprint density at radius 2 is 2.05 bits per heavy atom. The molecule has 1 aromatic heterocycles. The van der Waals surface area contributed by atoms with Crippen molar-refractivity contribution in [2.24, 2.45) is 0 Å². The van der Waals surface area contributed by atoms with E-state index in [2.05, 4.69) is 31.1 Å². The highest BCUT2D eigenvalue weighted by atomic mass is 32.1. The number of carbonyl (C=O) groups is 1. The summed E-state index contributed by atoms with van der Waals surface area (Å²) in [4.78, 5) is 16.5. The predicted molar refractivity (Wildman–Crippen MR) is 85.6 cm³/mol. The molecule has 1 aliphatic carbocycles. The van der Waals surface area contributed by atoms with Crippen LogP contribution < -0.4 is 5.32 Å². The molecule has 1 heterocycles. The van der Waals surface area contributed by atoms with Crippen LogP contribution in [0.15, 0.2) is 5.38 Å². The lowest BCUT2D eigenvalue weighted by Crippen LogP contribution is -2.44. The second-order valence-corrected chi connectivity index (χ2v) is 7.99. The summed E-state index contributed by atoms with van der Waals surface area (Å²) in [6.07, 6.45) is 5.16. The van der Waals surface area contributed by atoms with Crippen LogP contribution in [0.2, 0.25) is 0 Å². The Bertz CT molecular complexity index is 485. The summed E-state index contributed by atoms with van der Waals surface area (Å²) >= 11 is 1.60. The van der Waals surface area contributed by atoms with Crippen molar-refractivity contribution in [3.05, 3.63) is 16.1 Å². The quantitative estimate of drug-likeness (QED) is 0.899. The summed E-state index contributed by atoms with van der Waals surface area (Å²) in [5.74, 6) is -0.0558. The van der Waals surface area contributed by atoms with Gasteiger partial charge >= 0.3 is 0 Å². The van der Waals surface area contributed by atoms with Crippen molar-refractivity contribution in [1.82, 2.24) is 10.3 Å². The normalized spacial score (nSPS) is 18.5. The van der Waals surface area contributed by atoms with Gasteiger partial charge in [0.15, 0.2) is 0 Å². The molecule has 4 nitrogen and oxygen atoms in total. The molecule has 0 radical (unpaired) electrons. The van der Waals surface area contributed by atoms with Crippen molar-refractivity contribution in [2.75, 3.05) is 6.54 Å². The molecule has 0 saturated heterocycles. The van der Waals surface area contributed by atoms with E-state index in [4.69, 9.17) is 0 Å². The van der Waals surface area contributed by atoms with Crippen molar-refractivity contribution in [3.8, 4) is 0 Å². The summed E-state index contributed by atoms with van der Waals surface area (Å²) < 4.78 is 0. The first kappa shape index (κ1) is 16.4. The van der Waals surface area contributed by atoms with Crippen molar-refractivity contribution in [2.45, 2.75) is 70.3 Å². The molecule has 5 heteroatoms. The first-order valence-corrected chi connectivity index (χ1v) is 8.60. The SMILES string of the molecule is CC(C)(C)c1nc(CC(=O)NCC2(O)CCCCC2)cs1. The van der Waals surface area contributed by atoms with Crippen LogP contribution in [0.4, 0.5) is 0 Å². The maximum absolute atomic E-state index is 12.0. The molecule has 0 spiro atoms. The maximum Gasteiger partial charge on any atom is 0.226 e. The molecule has 0 atom stereocenters. The lowest BCUT2D eigenvalue weighted by atomic mass is 9.85. The van der Waals surface area contributed by atoms with Gasteiger partial charge in [0.1, 0.15) is 0 Å². The third kappa shape index (κ3) is 4.78. The Kier molecular flexibility index (Phi) is 5.04. The molecule has 1 aliphatic rings. The third-order valence-corrected chi connectivity index (χ3v) is 5.25. The standard InChI is InChI=1S/C16H26N2O2S/c1-15(2,3)14-18-12(10-21-14)9-13(19)17-11-16(20)7-5-4-6-8-16/h10,20H,4-9,11H2,1-3H3,(H,17,19). The Hall–Kier alpha value is -0.940. The predicted octanol–water partition coefficient (Wildman–Crippen LogP) is 2.79. The van der Waals surface area contributed by atoms with E-state index >= 15 is 0 Å². The highest BCUT2D eigenvalue weighted by Gasteiger charge is 2.29. The summed E-state index contributed by atoms with van der Waals surface area (Å²) in [7, 11) is 0. The number of carbonyl (C=O) groups excluding carboxylic acids is 1. The number of nitrogens with one attached hydrogen (secondary N) is 1. The van der Waals surface area contributed by atoms with Gasteiger partial charge in [0.25, 0.3) is 0 Å². The summed E-state index contributed by atoms with van der Waals surface area (Å²) in [5.41, 5.74) is 0.140. The lowest BCUT2D eigenvalue weighted by molar-refractivity contribution is -0.122. The Labute approximate surface area is 131 Å². The van der Waals surface area contributed by atoms with Gasteiger partial charge in [0.05, 0.1) is 22.7 Å². The minimum Gasteiger partial charge on any atom is -0.388 e. The molecule has 21 heavy (non-hydrogen) atoms. The van der Waals surface area contributed by atoms with Crippen LogP contribution >= 0.6 is 11.3 Å². The molecule has 2 N–H and O–H groups in total. The number of thiazole rings is 1. The van der Waals surface area contributed by atoms with Crippen molar-refractivity contribution < 1.29 is 9.90 Å². The molecule has 0 aliphatic heterocycles. The number of hydrogen-bond donors (Lipinski definition) is 2. The largest absolute Gasteiger partial charge is 0.388 e. The molecule has 0 aromatic carbocycles. The monoisotopic (exact) mass is 310 g/mol. The minimum atomic E-state index is -0.702. The Balaban J connectivity index is 1.83. The van der Waals surface area contributed by atoms with Gasteiger partial charge in [-0.15, -0.1) is 11.3 Å². The van der Waals surface area contributed by atoms with Crippen molar-refractivity contribution in [3.63, 3.8) is 0 Å². The molecule has 0 bridgehead atoms. The van der Waals surface area contributed by atoms with Gasteiger partial charge in [0.2, 0.25) is 5.91 Å². The van der Waals surface area contributed by atoms with Crippen LogP contribution in [0.1, 0.15) is 63.6 Å². The minimum absolute atomic E-state index is 0.0245.